The lowest BCUT2D eigenvalue weighted by Crippen LogP contribution is -2.21. The summed E-state index contributed by atoms with van der Waals surface area (Å²) < 4.78 is 52.7. The minimum Gasteiger partial charge on any atom is -0.497 e. The van der Waals surface area contributed by atoms with E-state index in [1.54, 1.807) is 24.3 Å². The van der Waals surface area contributed by atoms with Gasteiger partial charge >= 0.3 is 6.18 Å². The summed E-state index contributed by atoms with van der Waals surface area (Å²) in [7, 11) is 2.91. The Bertz CT molecular complexity index is 1140. The zero-order chi connectivity index (χ0) is 20.5. The first-order valence-electron chi connectivity index (χ1n) is 8.14. The summed E-state index contributed by atoms with van der Waals surface area (Å²) in [6.45, 7) is 0.316. The Labute approximate surface area is 162 Å². The zero-order valence-electron chi connectivity index (χ0n) is 15.0. The van der Waals surface area contributed by atoms with Gasteiger partial charge in [-0.3, -0.25) is 9.78 Å². The third-order valence-electron chi connectivity index (χ3n) is 4.14. The molecule has 0 aliphatic rings. The smallest absolute Gasteiger partial charge is 0.417 e. The number of alkyl halides is 3. The Balaban J connectivity index is 2.41. The van der Waals surface area contributed by atoms with Gasteiger partial charge in [0, 0.05) is 12.7 Å². The van der Waals surface area contributed by atoms with E-state index in [1.807, 2.05) is 0 Å². The number of nitrogens with zero attached hydrogens (tertiary/aromatic N) is 2. The van der Waals surface area contributed by atoms with Gasteiger partial charge in [0.15, 0.2) is 4.77 Å². The van der Waals surface area contributed by atoms with Crippen LogP contribution in [0.1, 0.15) is 5.56 Å². The van der Waals surface area contributed by atoms with Gasteiger partial charge in [-0.2, -0.15) is 13.2 Å². The second kappa shape index (κ2) is 7.72. The SMILES string of the molecule is COCCn1c(=S)[nH]c(=O)c2c(C(F)(F)F)cc(-c3cccc(OC)c3)nc21. The number of rotatable bonds is 5. The number of nitrogens with one attached hydrogen (secondary N) is 1. The number of benzene rings is 1. The van der Waals surface area contributed by atoms with Crippen molar-refractivity contribution in [1.82, 2.24) is 14.5 Å². The van der Waals surface area contributed by atoms with E-state index < -0.39 is 22.7 Å². The molecule has 0 bridgehead atoms. The molecule has 0 saturated carbocycles. The normalized spacial score (nSPS) is 11.8. The van der Waals surface area contributed by atoms with Gasteiger partial charge < -0.3 is 14.0 Å². The summed E-state index contributed by atoms with van der Waals surface area (Å²) in [6, 6.07) is 7.34. The van der Waals surface area contributed by atoms with Crippen LogP contribution in [0.15, 0.2) is 35.1 Å². The molecule has 0 aliphatic heterocycles. The number of pyridine rings is 1. The monoisotopic (exact) mass is 411 g/mol. The zero-order valence-corrected chi connectivity index (χ0v) is 15.8. The van der Waals surface area contributed by atoms with Crippen molar-refractivity contribution in [2.24, 2.45) is 0 Å². The van der Waals surface area contributed by atoms with Crippen molar-refractivity contribution in [3.8, 4) is 17.0 Å². The fraction of sp³-hybridized carbons (Fsp3) is 0.278. The first-order valence-corrected chi connectivity index (χ1v) is 8.55. The highest BCUT2D eigenvalue weighted by atomic mass is 32.1. The average Bonchev–Trinajstić information content (AvgIpc) is 2.66. The summed E-state index contributed by atoms with van der Waals surface area (Å²) in [5, 5.41) is -0.566. The molecule has 1 aromatic carbocycles. The van der Waals surface area contributed by atoms with Crippen molar-refractivity contribution in [3.63, 3.8) is 0 Å². The van der Waals surface area contributed by atoms with E-state index in [-0.39, 0.29) is 29.3 Å². The van der Waals surface area contributed by atoms with Crippen LogP contribution in [0, 0.1) is 4.77 Å². The molecule has 10 heteroatoms. The van der Waals surface area contributed by atoms with Gasteiger partial charge in [-0.15, -0.1) is 0 Å². The van der Waals surface area contributed by atoms with Crippen LogP contribution in [0.3, 0.4) is 0 Å². The Morgan fingerprint density at radius 2 is 2.00 bits per heavy atom. The van der Waals surface area contributed by atoms with Gasteiger partial charge in [0.25, 0.3) is 5.56 Å². The third-order valence-corrected chi connectivity index (χ3v) is 4.46. The molecule has 148 valence electrons. The lowest BCUT2D eigenvalue weighted by molar-refractivity contribution is -0.136. The van der Waals surface area contributed by atoms with Gasteiger partial charge in [-0.05, 0) is 30.4 Å². The highest BCUT2D eigenvalue weighted by Crippen LogP contribution is 2.36. The Morgan fingerprint density at radius 3 is 2.64 bits per heavy atom. The summed E-state index contributed by atoms with van der Waals surface area (Å²) in [4.78, 5) is 18.9. The predicted octanol–water partition coefficient (Wildman–Crippen LogP) is 3.79. The highest BCUT2D eigenvalue weighted by Gasteiger charge is 2.35. The maximum absolute atomic E-state index is 13.8. The maximum Gasteiger partial charge on any atom is 0.417 e. The molecule has 2 heterocycles. The minimum absolute atomic E-state index is 0.0297. The highest BCUT2D eigenvalue weighted by molar-refractivity contribution is 7.71. The standard InChI is InChI=1S/C18H16F3N3O3S/c1-26-7-6-24-15-14(16(25)23-17(24)28)12(18(19,20)21)9-13(22-15)10-4-3-5-11(8-10)27-2/h3-5,8-9H,6-7H2,1-2H3,(H,23,25,28). The van der Waals surface area contributed by atoms with Crippen LogP contribution in [0.2, 0.25) is 0 Å². The van der Waals surface area contributed by atoms with Crippen LogP contribution < -0.4 is 10.3 Å². The molecule has 28 heavy (non-hydrogen) atoms. The van der Waals surface area contributed by atoms with Gasteiger partial charge in [-0.1, -0.05) is 12.1 Å². The van der Waals surface area contributed by atoms with Crippen molar-refractivity contribution in [2.45, 2.75) is 12.7 Å². The number of methoxy groups -OCH3 is 2. The molecule has 0 unspecified atom stereocenters. The van der Waals surface area contributed by atoms with Gasteiger partial charge in [-0.25, -0.2) is 4.98 Å². The molecule has 3 rings (SSSR count). The van der Waals surface area contributed by atoms with E-state index >= 15 is 0 Å². The van der Waals surface area contributed by atoms with Crippen molar-refractivity contribution < 1.29 is 22.6 Å². The second-order valence-electron chi connectivity index (χ2n) is 5.89. The van der Waals surface area contributed by atoms with Gasteiger partial charge in [0.2, 0.25) is 0 Å². The lowest BCUT2D eigenvalue weighted by atomic mass is 10.1. The summed E-state index contributed by atoms with van der Waals surface area (Å²) in [5.41, 5.74) is -1.72. The molecule has 0 radical (unpaired) electrons. The van der Waals surface area contributed by atoms with Gasteiger partial charge in [0.1, 0.15) is 11.4 Å². The molecule has 0 saturated heterocycles. The Morgan fingerprint density at radius 1 is 1.25 bits per heavy atom. The molecule has 2 aromatic heterocycles. The topological polar surface area (TPSA) is 69.1 Å². The maximum atomic E-state index is 13.8. The van der Waals surface area contributed by atoms with Crippen molar-refractivity contribution in [3.05, 3.63) is 51.0 Å². The summed E-state index contributed by atoms with van der Waals surface area (Å²) in [6.07, 6.45) is -4.76. The molecule has 1 N–H and O–H groups in total. The number of halogens is 3. The number of aromatic nitrogens is 3. The summed E-state index contributed by atoms with van der Waals surface area (Å²) in [5.74, 6) is 0.468. The fourth-order valence-electron chi connectivity index (χ4n) is 2.82. The van der Waals surface area contributed by atoms with Crippen molar-refractivity contribution >= 4 is 23.3 Å². The van der Waals surface area contributed by atoms with E-state index in [0.717, 1.165) is 6.07 Å². The van der Waals surface area contributed by atoms with E-state index in [1.165, 1.54) is 18.8 Å². The van der Waals surface area contributed by atoms with Crippen LogP contribution in [-0.2, 0) is 17.5 Å². The van der Waals surface area contributed by atoms with E-state index in [2.05, 4.69) is 9.97 Å². The quantitative estimate of drug-likeness (QED) is 0.647. The van der Waals surface area contributed by atoms with E-state index in [4.69, 9.17) is 21.7 Å². The van der Waals surface area contributed by atoms with Gasteiger partial charge in [0.05, 0.1) is 36.9 Å². The average molecular weight is 411 g/mol. The van der Waals surface area contributed by atoms with Crippen LogP contribution in [0.4, 0.5) is 13.2 Å². The predicted molar refractivity (Wildman–Crippen MR) is 100 cm³/mol. The van der Waals surface area contributed by atoms with E-state index in [0.29, 0.717) is 11.3 Å². The second-order valence-corrected chi connectivity index (χ2v) is 6.27. The molecule has 0 aliphatic carbocycles. The first kappa shape index (κ1) is 20.0. The number of hydrogen-bond donors (Lipinski definition) is 1. The fourth-order valence-corrected chi connectivity index (χ4v) is 3.09. The number of aromatic amines is 1. The largest absolute Gasteiger partial charge is 0.497 e. The van der Waals surface area contributed by atoms with Crippen LogP contribution >= 0.6 is 12.2 Å². The number of H-pyrrole nitrogens is 1. The van der Waals surface area contributed by atoms with Crippen LogP contribution in [0.25, 0.3) is 22.3 Å². The van der Waals surface area contributed by atoms with Crippen molar-refractivity contribution in [1.29, 1.82) is 0 Å². The molecule has 6 nitrogen and oxygen atoms in total. The Hall–Kier alpha value is -2.72. The third kappa shape index (κ3) is 3.78. The minimum atomic E-state index is -4.76. The van der Waals surface area contributed by atoms with Crippen molar-refractivity contribution in [2.75, 3.05) is 20.8 Å². The molecule has 0 spiro atoms. The number of hydrogen-bond acceptors (Lipinski definition) is 5. The molecule has 0 atom stereocenters. The van der Waals surface area contributed by atoms with E-state index in [9.17, 15) is 18.0 Å². The molecular weight excluding hydrogens is 395 g/mol. The van der Waals surface area contributed by atoms with Crippen LogP contribution in [0.5, 0.6) is 5.75 Å². The first-order chi connectivity index (χ1) is 13.3. The number of ether oxygens (including phenoxy) is 2. The Kier molecular flexibility index (Phi) is 5.52. The molecule has 3 aromatic rings. The molecule has 0 amide bonds. The molecule has 0 fully saturated rings. The van der Waals surface area contributed by atoms with Crippen LogP contribution in [-0.4, -0.2) is 35.4 Å². The molecular formula is C18H16F3N3O3S. The number of fused-ring (bicyclic) bond motifs is 1. The lowest BCUT2D eigenvalue weighted by Gasteiger charge is -2.16. The summed E-state index contributed by atoms with van der Waals surface area (Å²) >= 11 is 5.13.